The molecule has 2 rings (SSSR count). The minimum atomic E-state index is -0.335. The van der Waals surface area contributed by atoms with Gasteiger partial charge in [-0.05, 0) is 24.3 Å². The first-order valence-electron chi connectivity index (χ1n) is 8.64. The summed E-state index contributed by atoms with van der Waals surface area (Å²) in [7, 11) is 4.81. The van der Waals surface area contributed by atoms with Gasteiger partial charge in [-0.15, -0.1) is 0 Å². The summed E-state index contributed by atoms with van der Waals surface area (Å²) in [6.07, 6.45) is 1.38. The Morgan fingerprint density at radius 2 is 1.71 bits per heavy atom. The molecular weight excluding hydrogens is 364 g/mol. The summed E-state index contributed by atoms with van der Waals surface area (Å²) >= 11 is 0. The molecule has 1 amide bonds. The minimum Gasteiger partial charge on any atom is -0.497 e. The number of hydrogen-bond acceptors (Lipinski definition) is 9. The van der Waals surface area contributed by atoms with Crippen molar-refractivity contribution < 1.29 is 19.0 Å². The fourth-order valence-electron chi connectivity index (χ4n) is 2.39. The number of hydrogen-bond donors (Lipinski definition) is 3. The van der Waals surface area contributed by atoms with Crippen molar-refractivity contribution in [1.29, 1.82) is 0 Å². The molecule has 0 spiro atoms. The maximum atomic E-state index is 12.3. The van der Waals surface area contributed by atoms with Gasteiger partial charge in [0.1, 0.15) is 17.8 Å². The second-order valence-corrected chi connectivity index (χ2v) is 5.74. The van der Waals surface area contributed by atoms with Gasteiger partial charge in [-0.25, -0.2) is 9.97 Å². The lowest BCUT2D eigenvalue weighted by Gasteiger charge is -2.25. The van der Waals surface area contributed by atoms with Gasteiger partial charge >= 0.3 is 0 Å². The fourth-order valence-corrected chi connectivity index (χ4v) is 2.39. The summed E-state index contributed by atoms with van der Waals surface area (Å²) in [6, 6.07) is 6.72. The molecule has 0 atom stereocenters. The third-order valence-corrected chi connectivity index (χ3v) is 3.94. The summed E-state index contributed by atoms with van der Waals surface area (Å²) in [5.41, 5.74) is 12.3. The van der Waals surface area contributed by atoms with Gasteiger partial charge < -0.3 is 24.8 Å². The van der Waals surface area contributed by atoms with Crippen LogP contribution in [0.1, 0.15) is 10.4 Å². The van der Waals surface area contributed by atoms with Crippen LogP contribution in [-0.2, 0) is 9.47 Å². The van der Waals surface area contributed by atoms with E-state index < -0.39 is 0 Å². The van der Waals surface area contributed by atoms with Crippen LogP contribution in [0.2, 0.25) is 0 Å². The first kappa shape index (κ1) is 21.2. The molecule has 1 aromatic carbocycles. The first-order valence-corrected chi connectivity index (χ1v) is 8.64. The Balaban J connectivity index is 2.08. The number of carbonyl (C=O) groups excluding carboxylic acids is 1. The van der Waals surface area contributed by atoms with E-state index in [1.54, 1.807) is 45.6 Å². The molecule has 1 aromatic heterocycles. The number of carbonyl (C=O) groups is 1. The number of hydrazine groups is 1. The van der Waals surface area contributed by atoms with E-state index in [1.807, 2.05) is 4.90 Å². The number of nitrogens with one attached hydrogen (secondary N) is 2. The smallest absolute Gasteiger partial charge is 0.269 e. The van der Waals surface area contributed by atoms with Crippen molar-refractivity contribution in [2.45, 2.75) is 0 Å². The Labute approximate surface area is 164 Å². The van der Waals surface area contributed by atoms with Gasteiger partial charge in [0.15, 0.2) is 11.6 Å². The highest BCUT2D eigenvalue weighted by Crippen LogP contribution is 2.25. The summed E-state index contributed by atoms with van der Waals surface area (Å²) < 4.78 is 15.4. The highest BCUT2D eigenvalue weighted by molar-refractivity contribution is 5.95. The zero-order chi connectivity index (χ0) is 20.4. The van der Waals surface area contributed by atoms with Gasteiger partial charge in [0.2, 0.25) is 0 Å². The average Bonchev–Trinajstić information content (AvgIpc) is 2.73. The summed E-state index contributed by atoms with van der Waals surface area (Å²) in [4.78, 5) is 22.6. The highest BCUT2D eigenvalue weighted by atomic mass is 16.5. The Kier molecular flexibility index (Phi) is 8.25. The van der Waals surface area contributed by atoms with Crippen LogP contribution in [0, 0.1) is 0 Å². The van der Waals surface area contributed by atoms with Crippen LogP contribution in [-0.4, -0.2) is 63.5 Å². The van der Waals surface area contributed by atoms with Gasteiger partial charge in [-0.2, -0.15) is 0 Å². The Morgan fingerprint density at radius 1 is 1.07 bits per heavy atom. The molecule has 0 radical (unpaired) electrons. The zero-order valence-corrected chi connectivity index (χ0v) is 16.3. The van der Waals surface area contributed by atoms with Crippen molar-refractivity contribution in [3.63, 3.8) is 0 Å². The van der Waals surface area contributed by atoms with Crippen molar-refractivity contribution in [2.24, 2.45) is 0 Å². The van der Waals surface area contributed by atoms with E-state index in [2.05, 4.69) is 20.8 Å². The van der Waals surface area contributed by atoms with E-state index in [-0.39, 0.29) is 5.91 Å². The molecule has 0 aliphatic rings. The van der Waals surface area contributed by atoms with Gasteiger partial charge in [0.25, 0.3) is 5.91 Å². The molecule has 0 unspecified atom stereocenters. The number of ether oxygens (including phenoxy) is 3. The predicted molar refractivity (Wildman–Crippen MR) is 106 cm³/mol. The van der Waals surface area contributed by atoms with E-state index in [0.29, 0.717) is 54.9 Å². The second-order valence-electron chi connectivity index (χ2n) is 5.74. The number of aromatic nitrogens is 2. The molecule has 4 N–H and O–H groups in total. The van der Waals surface area contributed by atoms with Crippen LogP contribution in [0.5, 0.6) is 5.75 Å². The van der Waals surface area contributed by atoms with Crippen molar-refractivity contribution in [2.75, 3.05) is 63.7 Å². The molecule has 1 heterocycles. The number of benzene rings is 1. The Morgan fingerprint density at radius 3 is 2.29 bits per heavy atom. The Bertz CT molecular complexity index is 748. The molecule has 0 aliphatic heterocycles. The summed E-state index contributed by atoms with van der Waals surface area (Å²) in [6.45, 7) is 2.17. The van der Waals surface area contributed by atoms with Crippen molar-refractivity contribution in [1.82, 2.24) is 15.4 Å². The van der Waals surface area contributed by atoms with E-state index in [1.165, 1.54) is 6.33 Å². The molecule has 0 bridgehead atoms. The second kappa shape index (κ2) is 10.9. The van der Waals surface area contributed by atoms with E-state index in [9.17, 15) is 4.79 Å². The minimum absolute atomic E-state index is 0.298. The third kappa shape index (κ3) is 5.69. The van der Waals surface area contributed by atoms with E-state index in [0.717, 1.165) is 0 Å². The lowest BCUT2D eigenvalue weighted by molar-refractivity contribution is 0.0962. The largest absolute Gasteiger partial charge is 0.497 e. The number of nitrogens with two attached hydrogens (primary N) is 1. The predicted octanol–water partition coefficient (Wildman–Crippen LogP) is 0.924. The molecule has 2 aromatic rings. The first-order chi connectivity index (χ1) is 13.6. The normalized spacial score (nSPS) is 10.4. The standard InChI is InChI=1S/C18H26N6O4/c1-26-10-8-24(9-11-27-2)17-15(19)16(20-12-21-17)22-23-18(25)13-4-6-14(28-3)7-5-13/h4-7,12H,8-11,19H2,1-3H3,(H,23,25)(H,20,21,22). The van der Waals surface area contributed by atoms with Crippen LogP contribution in [0.4, 0.5) is 17.3 Å². The van der Waals surface area contributed by atoms with Gasteiger partial charge in [0.05, 0.1) is 20.3 Å². The van der Waals surface area contributed by atoms with Crippen LogP contribution in [0.3, 0.4) is 0 Å². The Hall–Kier alpha value is -3.11. The maximum absolute atomic E-state index is 12.3. The van der Waals surface area contributed by atoms with E-state index in [4.69, 9.17) is 19.9 Å². The molecule has 10 heteroatoms. The van der Waals surface area contributed by atoms with Crippen molar-refractivity contribution in [3.8, 4) is 5.75 Å². The monoisotopic (exact) mass is 390 g/mol. The molecular formula is C18H26N6O4. The number of rotatable bonds is 11. The van der Waals surface area contributed by atoms with Crippen molar-refractivity contribution in [3.05, 3.63) is 36.2 Å². The van der Waals surface area contributed by atoms with Gasteiger partial charge in [-0.3, -0.25) is 15.6 Å². The number of methoxy groups -OCH3 is 3. The fraction of sp³-hybridized carbons (Fsp3) is 0.389. The third-order valence-electron chi connectivity index (χ3n) is 3.94. The molecule has 0 fully saturated rings. The number of anilines is 3. The molecule has 0 saturated heterocycles. The van der Waals surface area contributed by atoms with Crippen LogP contribution < -0.4 is 26.2 Å². The number of nitrogens with zero attached hydrogens (tertiary/aromatic N) is 3. The quantitative estimate of drug-likeness (QED) is 0.481. The maximum Gasteiger partial charge on any atom is 0.269 e. The van der Waals surface area contributed by atoms with Crippen LogP contribution in [0.15, 0.2) is 30.6 Å². The van der Waals surface area contributed by atoms with Gasteiger partial charge in [-0.1, -0.05) is 0 Å². The van der Waals surface area contributed by atoms with Crippen LogP contribution in [0.25, 0.3) is 0 Å². The number of amides is 1. The highest BCUT2D eigenvalue weighted by Gasteiger charge is 2.16. The summed E-state index contributed by atoms with van der Waals surface area (Å²) in [5, 5.41) is 0. The van der Waals surface area contributed by atoms with E-state index >= 15 is 0 Å². The topological polar surface area (TPSA) is 124 Å². The lowest BCUT2D eigenvalue weighted by Crippen LogP contribution is -2.33. The molecule has 0 saturated carbocycles. The molecule has 0 aliphatic carbocycles. The molecule has 10 nitrogen and oxygen atoms in total. The average molecular weight is 390 g/mol. The lowest BCUT2D eigenvalue weighted by atomic mass is 10.2. The number of nitrogen functional groups attached to an aromatic ring is 1. The molecule has 152 valence electrons. The van der Waals surface area contributed by atoms with Gasteiger partial charge in [0, 0.05) is 32.9 Å². The summed E-state index contributed by atoms with van der Waals surface area (Å²) in [5.74, 6) is 1.16. The van der Waals surface area contributed by atoms with Crippen molar-refractivity contribution >= 4 is 23.2 Å². The zero-order valence-electron chi connectivity index (χ0n) is 16.3. The van der Waals surface area contributed by atoms with Crippen LogP contribution >= 0.6 is 0 Å². The SMILES string of the molecule is COCCN(CCOC)c1ncnc(NNC(=O)c2ccc(OC)cc2)c1N. The molecule has 28 heavy (non-hydrogen) atoms.